The van der Waals surface area contributed by atoms with E-state index in [1.54, 1.807) is 39.0 Å². The molecular formula is C15H13F3N8. The van der Waals surface area contributed by atoms with Crippen molar-refractivity contribution in [1.29, 1.82) is 0 Å². The Kier molecular flexibility index (Phi) is 2.95. The molecule has 3 aromatic rings. The van der Waals surface area contributed by atoms with Crippen molar-refractivity contribution in [3.63, 3.8) is 0 Å². The summed E-state index contributed by atoms with van der Waals surface area (Å²) in [4.78, 5) is 14.5. The molecule has 2 aliphatic heterocycles. The predicted molar refractivity (Wildman–Crippen MR) is 83.0 cm³/mol. The molecule has 1 atom stereocenters. The van der Waals surface area contributed by atoms with Crippen molar-refractivity contribution in [2.75, 3.05) is 11.4 Å². The van der Waals surface area contributed by atoms with Crippen molar-refractivity contribution >= 4 is 5.82 Å². The molecule has 1 saturated heterocycles. The van der Waals surface area contributed by atoms with E-state index in [-0.39, 0.29) is 0 Å². The Morgan fingerprint density at radius 3 is 2.88 bits per heavy atom. The first-order chi connectivity index (χ1) is 12.5. The minimum absolute atomic E-state index is 0.291. The van der Waals surface area contributed by atoms with Gasteiger partial charge in [0.15, 0.2) is 11.6 Å². The average Bonchev–Trinajstić information content (AvgIpc) is 3.33. The van der Waals surface area contributed by atoms with Gasteiger partial charge in [0.05, 0.1) is 12.6 Å². The first-order valence-electron chi connectivity index (χ1n) is 8.09. The van der Waals surface area contributed by atoms with Crippen LogP contribution in [0, 0.1) is 0 Å². The van der Waals surface area contributed by atoms with E-state index in [1.807, 2.05) is 0 Å². The van der Waals surface area contributed by atoms with E-state index in [0.717, 1.165) is 0 Å². The van der Waals surface area contributed by atoms with Crippen LogP contribution in [-0.4, -0.2) is 47.0 Å². The highest BCUT2D eigenvalue weighted by Gasteiger charge is 2.56. The summed E-state index contributed by atoms with van der Waals surface area (Å²) >= 11 is 0. The molecule has 0 radical (unpaired) electrons. The van der Waals surface area contributed by atoms with Gasteiger partial charge in [-0.2, -0.15) is 18.2 Å². The average molecular weight is 362 g/mol. The van der Waals surface area contributed by atoms with E-state index < -0.39 is 18.1 Å². The molecule has 0 saturated carbocycles. The second-order valence-corrected chi connectivity index (χ2v) is 6.45. The highest BCUT2D eigenvalue weighted by atomic mass is 19.4. The zero-order chi connectivity index (χ0) is 17.9. The van der Waals surface area contributed by atoms with E-state index in [1.165, 1.54) is 6.33 Å². The Balaban J connectivity index is 1.72. The maximum atomic E-state index is 13.4. The molecule has 134 valence electrons. The summed E-state index contributed by atoms with van der Waals surface area (Å²) in [6.45, 7) is 0.469. The summed E-state index contributed by atoms with van der Waals surface area (Å²) in [5, 5.41) is 7.89. The van der Waals surface area contributed by atoms with Gasteiger partial charge < -0.3 is 4.90 Å². The summed E-state index contributed by atoms with van der Waals surface area (Å²) in [6.07, 6.45) is 3.44. The van der Waals surface area contributed by atoms with E-state index in [4.69, 9.17) is 0 Å². The molecule has 26 heavy (non-hydrogen) atoms. The zero-order valence-electron chi connectivity index (χ0n) is 13.4. The van der Waals surface area contributed by atoms with Crippen molar-refractivity contribution in [3.05, 3.63) is 37.1 Å². The van der Waals surface area contributed by atoms with Crippen LogP contribution in [0.1, 0.15) is 25.1 Å². The molecular weight excluding hydrogens is 349 g/mol. The largest absolute Gasteiger partial charge is 0.391 e. The summed E-state index contributed by atoms with van der Waals surface area (Å²) in [6, 6.07) is 0. The number of aromatic nitrogens is 7. The van der Waals surface area contributed by atoms with Crippen molar-refractivity contribution in [1.82, 2.24) is 34.3 Å². The van der Waals surface area contributed by atoms with Gasteiger partial charge in [-0.25, -0.2) is 9.97 Å². The molecule has 0 spiro atoms. The summed E-state index contributed by atoms with van der Waals surface area (Å²) in [5.41, 5.74) is -0.712. The normalized spacial score (nSPS) is 21.4. The molecule has 0 bridgehead atoms. The summed E-state index contributed by atoms with van der Waals surface area (Å²) < 4.78 is 43.5. The maximum absolute atomic E-state index is 13.4. The van der Waals surface area contributed by atoms with Crippen LogP contribution < -0.4 is 4.90 Å². The third-order valence-electron chi connectivity index (χ3n) is 4.93. The van der Waals surface area contributed by atoms with Crippen LogP contribution in [0.15, 0.2) is 31.2 Å². The Morgan fingerprint density at radius 1 is 1.23 bits per heavy atom. The number of fused-ring (bicyclic) bond motifs is 6. The second-order valence-electron chi connectivity index (χ2n) is 6.45. The fourth-order valence-corrected chi connectivity index (χ4v) is 3.97. The lowest BCUT2D eigenvalue weighted by Gasteiger charge is -2.42. The molecule has 5 heterocycles. The van der Waals surface area contributed by atoms with E-state index in [2.05, 4.69) is 25.1 Å². The van der Waals surface area contributed by atoms with Gasteiger partial charge in [-0.15, -0.1) is 10.2 Å². The second kappa shape index (κ2) is 5.02. The fraction of sp³-hybridized carbons (Fsp3) is 0.400. The van der Waals surface area contributed by atoms with Gasteiger partial charge in [0.25, 0.3) is 0 Å². The maximum Gasteiger partial charge on any atom is 0.391 e. The van der Waals surface area contributed by atoms with Crippen LogP contribution in [0.3, 0.4) is 0 Å². The number of alkyl halides is 3. The highest BCUT2D eigenvalue weighted by Crippen LogP contribution is 2.51. The third-order valence-corrected chi connectivity index (χ3v) is 4.93. The Morgan fingerprint density at radius 2 is 2.12 bits per heavy atom. The molecule has 8 nitrogen and oxygen atoms in total. The van der Waals surface area contributed by atoms with Crippen molar-refractivity contribution in [2.45, 2.75) is 31.0 Å². The molecule has 0 N–H and O–H groups in total. The van der Waals surface area contributed by atoms with Crippen LogP contribution in [0.2, 0.25) is 0 Å². The van der Waals surface area contributed by atoms with Gasteiger partial charge in [0.1, 0.15) is 23.9 Å². The third kappa shape index (κ3) is 2.06. The zero-order valence-corrected chi connectivity index (χ0v) is 13.4. The van der Waals surface area contributed by atoms with Gasteiger partial charge in [-0.05, 0) is 12.8 Å². The van der Waals surface area contributed by atoms with E-state index >= 15 is 0 Å². The minimum Gasteiger partial charge on any atom is -0.341 e. The Labute approximate surface area is 145 Å². The molecule has 1 fully saturated rings. The molecule has 0 aromatic carbocycles. The standard InChI is InChI=1S/C15H13F3N8/c16-15(17,18)7-14-2-1-4-26(14)11-10(25-9-21-23-12(14)25)6-20-13(22-11)24-5-3-19-8-24/h3,5-6,8-9H,1-2,4,7H2. The number of hydrogen-bond acceptors (Lipinski definition) is 6. The number of anilines is 1. The SMILES string of the molecule is FC(F)(F)CC12CCCN1c1nc(-n3ccnc3)ncc1-n1cnnc12. The Hall–Kier alpha value is -2.98. The lowest BCUT2D eigenvalue weighted by atomic mass is 9.89. The lowest BCUT2D eigenvalue weighted by molar-refractivity contribution is -0.148. The number of rotatable bonds is 2. The lowest BCUT2D eigenvalue weighted by Crippen LogP contribution is -2.49. The topological polar surface area (TPSA) is 77.5 Å². The number of imidazole rings is 1. The van der Waals surface area contributed by atoms with Crippen LogP contribution in [0.4, 0.5) is 19.0 Å². The first kappa shape index (κ1) is 15.3. The molecule has 3 aromatic heterocycles. The highest BCUT2D eigenvalue weighted by molar-refractivity contribution is 5.64. The monoisotopic (exact) mass is 362 g/mol. The predicted octanol–water partition coefficient (Wildman–Crippen LogP) is 2.00. The van der Waals surface area contributed by atoms with Crippen molar-refractivity contribution in [2.24, 2.45) is 0 Å². The van der Waals surface area contributed by atoms with E-state index in [9.17, 15) is 13.2 Å². The quantitative estimate of drug-likeness (QED) is 0.694. The van der Waals surface area contributed by atoms with Crippen molar-refractivity contribution in [3.8, 4) is 11.6 Å². The first-order valence-corrected chi connectivity index (χ1v) is 8.09. The van der Waals surface area contributed by atoms with Crippen LogP contribution in [0.5, 0.6) is 0 Å². The van der Waals surface area contributed by atoms with Crippen LogP contribution in [0.25, 0.3) is 11.6 Å². The van der Waals surface area contributed by atoms with Crippen molar-refractivity contribution < 1.29 is 13.2 Å². The van der Waals surface area contributed by atoms with Gasteiger partial charge in [0, 0.05) is 18.9 Å². The molecule has 11 heteroatoms. The number of halogens is 3. The number of nitrogens with zero attached hydrogens (tertiary/aromatic N) is 8. The Bertz CT molecular complexity index is 964. The van der Waals surface area contributed by atoms with Gasteiger partial charge in [-0.3, -0.25) is 9.13 Å². The van der Waals surface area contributed by atoms with E-state index in [0.29, 0.717) is 42.7 Å². The van der Waals surface area contributed by atoms with Crippen LogP contribution >= 0.6 is 0 Å². The minimum atomic E-state index is -4.34. The van der Waals surface area contributed by atoms with Crippen LogP contribution in [-0.2, 0) is 5.54 Å². The molecule has 0 amide bonds. The van der Waals surface area contributed by atoms with Gasteiger partial charge >= 0.3 is 6.18 Å². The molecule has 2 aliphatic rings. The summed E-state index contributed by atoms with van der Waals surface area (Å²) in [5.74, 6) is 1.10. The fourth-order valence-electron chi connectivity index (χ4n) is 3.97. The molecule has 0 aliphatic carbocycles. The summed E-state index contributed by atoms with van der Waals surface area (Å²) in [7, 11) is 0. The molecule has 1 unspecified atom stereocenters. The van der Waals surface area contributed by atoms with Gasteiger partial charge in [-0.1, -0.05) is 0 Å². The number of hydrogen-bond donors (Lipinski definition) is 0. The molecule has 5 rings (SSSR count). The smallest absolute Gasteiger partial charge is 0.341 e. The van der Waals surface area contributed by atoms with Gasteiger partial charge in [0.2, 0.25) is 5.95 Å².